The molecule has 0 unspecified atom stereocenters. The lowest BCUT2D eigenvalue weighted by atomic mass is 10.1. The van der Waals surface area contributed by atoms with Gasteiger partial charge in [-0.25, -0.2) is 0 Å². The number of carbonyl (C=O) groups is 2. The number of nitrogens with one attached hydrogen (secondary N) is 2. The highest BCUT2D eigenvalue weighted by Crippen LogP contribution is 2.30. The summed E-state index contributed by atoms with van der Waals surface area (Å²) < 4.78 is 11.5. The van der Waals surface area contributed by atoms with Crippen molar-refractivity contribution in [1.82, 2.24) is 10.6 Å². The van der Waals surface area contributed by atoms with Gasteiger partial charge in [0.15, 0.2) is 11.5 Å². The number of ether oxygens (including phenoxy) is 2. The number of carbonyl (C=O) groups excluding carboxylic acids is 2. The number of rotatable bonds is 10. The van der Waals surface area contributed by atoms with E-state index in [-0.39, 0.29) is 11.8 Å². The summed E-state index contributed by atoms with van der Waals surface area (Å²) in [6, 6.07) is 20.0. The van der Waals surface area contributed by atoms with Gasteiger partial charge in [-0.3, -0.25) is 9.59 Å². The molecule has 0 radical (unpaired) electrons. The Bertz CT molecular complexity index is 1110. The lowest BCUT2D eigenvalue weighted by Crippen LogP contribution is -2.41. The Morgan fingerprint density at radius 1 is 0.800 bits per heavy atom. The largest absolute Gasteiger partial charge is 0.493 e. The Morgan fingerprint density at radius 3 is 1.86 bits per heavy atom. The minimum absolute atomic E-state index is 0.292. The minimum atomic E-state index is -0.783. The molecule has 0 heterocycles. The van der Waals surface area contributed by atoms with Gasteiger partial charge in [-0.1, -0.05) is 55.3 Å². The Balaban J connectivity index is 1.89. The van der Waals surface area contributed by atoms with E-state index < -0.39 is 6.17 Å². The molecule has 0 fully saturated rings. The molecule has 2 amide bonds. The maximum absolute atomic E-state index is 13.1. The quantitative estimate of drug-likeness (QED) is 0.375. The van der Waals surface area contributed by atoms with Gasteiger partial charge in [0.1, 0.15) is 6.17 Å². The molecule has 3 aromatic rings. The fourth-order valence-electron chi connectivity index (χ4n) is 3.59. The Labute approximate surface area is 207 Å². The first-order chi connectivity index (χ1) is 16.8. The smallest absolute Gasteiger partial charge is 0.253 e. The van der Waals surface area contributed by atoms with Gasteiger partial charge in [0, 0.05) is 11.1 Å². The van der Waals surface area contributed by atoms with Gasteiger partial charge in [-0.2, -0.15) is 0 Å². The SMILES string of the molecule is COc1cc(C(NC(=O)c2cccc(C)c2)NC(=O)c2cccc(C)c2)ccc1OCCC(C)C. The van der Waals surface area contributed by atoms with Crippen LogP contribution >= 0.6 is 0 Å². The molecule has 6 nitrogen and oxygen atoms in total. The zero-order chi connectivity index (χ0) is 25.4. The molecule has 0 atom stereocenters. The molecule has 2 N–H and O–H groups in total. The number of hydrogen-bond acceptors (Lipinski definition) is 4. The van der Waals surface area contributed by atoms with Crippen LogP contribution in [0.3, 0.4) is 0 Å². The van der Waals surface area contributed by atoms with Crippen LogP contribution in [0.25, 0.3) is 0 Å². The van der Waals surface area contributed by atoms with Crippen molar-refractivity contribution in [2.24, 2.45) is 5.92 Å². The summed E-state index contributed by atoms with van der Waals surface area (Å²) in [7, 11) is 1.57. The third-order valence-electron chi connectivity index (χ3n) is 5.59. The molecule has 184 valence electrons. The molecule has 0 saturated heterocycles. The normalized spacial score (nSPS) is 10.8. The van der Waals surface area contributed by atoms with E-state index in [1.165, 1.54) is 0 Å². The van der Waals surface area contributed by atoms with Crippen LogP contribution in [-0.4, -0.2) is 25.5 Å². The van der Waals surface area contributed by atoms with Crippen molar-refractivity contribution >= 4 is 11.8 Å². The second-order valence-corrected chi connectivity index (χ2v) is 9.06. The number of methoxy groups -OCH3 is 1. The average Bonchev–Trinajstić information content (AvgIpc) is 2.83. The number of amides is 2. The van der Waals surface area contributed by atoms with Crippen LogP contribution in [0.15, 0.2) is 66.7 Å². The highest BCUT2D eigenvalue weighted by atomic mass is 16.5. The van der Waals surface area contributed by atoms with E-state index in [2.05, 4.69) is 24.5 Å². The summed E-state index contributed by atoms with van der Waals surface area (Å²) >= 11 is 0. The Kier molecular flexibility index (Phi) is 8.90. The van der Waals surface area contributed by atoms with Gasteiger partial charge in [-0.05, 0) is 68.1 Å². The molecule has 0 saturated carbocycles. The zero-order valence-corrected chi connectivity index (χ0v) is 21.1. The van der Waals surface area contributed by atoms with Crippen molar-refractivity contribution in [3.8, 4) is 11.5 Å². The van der Waals surface area contributed by atoms with Crippen molar-refractivity contribution in [3.05, 3.63) is 94.5 Å². The molecule has 0 spiro atoms. The molecular weight excluding hydrogens is 440 g/mol. The fourth-order valence-corrected chi connectivity index (χ4v) is 3.59. The molecule has 3 rings (SSSR count). The molecule has 3 aromatic carbocycles. The first-order valence-electron chi connectivity index (χ1n) is 11.8. The van der Waals surface area contributed by atoms with Crippen LogP contribution < -0.4 is 20.1 Å². The third kappa shape index (κ3) is 7.34. The first kappa shape index (κ1) is 25.8. The van der Waals surface area contributed by atoms with Crippen LogP contribution in [0.5, 0.6) is 11.5 Å². The highest BCUT2D eigenvalue weighted by molar-refractivity contribution is 5.97. The van der Waals surface area contributed by atoms with E-state index in [0.717, 1.165) is 17.5 Å². The zero-order valence-electron chi connectivity index (χ0n) is 21.1. The second kappa shape index (κ2) is 12.1. The van der Waals surface area contributed by atoms with E-state index in [1.807, 2.05) is 44.2 Å². The number of hydrogen-bond donors (Lipinski definition) is 2. The standard InChI is InChI=1S/C29H34N2O4/c1-19(2)14-15-35-25-13-12-22(18-26(25)34-5)27(30-28(32)23-10-6-8-20(3)16-23)31-29(33)24-11-7-9-21(4)17-24/h6-13,16-19,27H,14-15H2,1-5H3,(H,30,32)(H,31,33). The van der Waals surface area contributed by atoms with E-state index in [9.17, 15) is 9.59 Å². The molecular formula is C29H34N2O4. The van der Waals surface area contributed by atoms with Crippen LogP contribution in [0.1, 0.15) is 63.8 Å². The summed E-state index contributed by atoms with van der Waals surface area (Å²) in [5.41, 5.74) is 3.64. The Hall–Kier alpha value is -3.80. The van der Waals surface area contributed by atoms with Crippen molar-refractivity contribution in [3.63, 3.8) is 0 Å². The van der Waals surface area contributed by atoms with Gasteiger partial charge in [0.2, 0.25) is 0 Å². The van der Waals surface area contributed by atoms with Crippen LogP contribution in [0.2, 0.25) is 0 Å². The molecule has 35 heavy (non-hydrogen) atoms. The summed E-state index contributed by atoms with van der Waals surface area (Å²) in [5.74, 6) is 1.09. The molecule has 0 bridgehead atoms. The van der Waals surface area contributed by atoms with Gasteiger partial charge in [0.25, 0.3) is 11.8 Å². The maximum atomic E-state index is 13.1. The number of benzene rings is 3. The van der Waals surface area contributed by atoms with Crippen molar-refractivity contribution in [2.75, 3.05) is 13.7 Å². The predicted octanol–water partition coefficient (Wildman–Crippen LogP) is 5.60. The first-order valence-corrected chi connectivity index (χ1v) is 11.8. The molecule has 0 aliphatic rings. The minimum Gasteiger partial charge on any atom is -0.493 e. The fraction of sp³-hybridized carbons (Fsp3) is 0.310. The lowest BCUT2D eigenvalue weighted by Gasteiger charge is -2.22. The van der Waals surface area contributed by atoms with Crippen molar-refractivity contribution < 1.29 is 19.1 Å². The van der Waals surface area contributed by atoms with E-state index in [1.54, 1.807) is 43.5 Å². The van der Waals surface area contributed by atoms with Gasteiger partial charge in [0.05, 0.1) is 13.7 Å². The summed E-state index contributed by atoms with van der Waals surface area (Å²) in [5, 5.41) is 5.91. The van der Waals surface area contributed by atoms with E-state index >= 15 is 0 Å². The summed E-state index contributed by atoms with van der Waals surface area (Å²) in [6.07, 6.45) is 0.141. The monoisotopic (exact) mass is 474 g/mol. The van der Waals surface area contributed by atoms with Crippen molar-refractivity contribution in [2.45, 2.75) is 40.3 Å². The number of aryl methyl sites for hydroxylation is 2. The third-order valence-corrected chi connectivity index (χ3v) is 5.59. The second-order valence-electron chi connectivity index (χ2n) is 9.06. The molecule has 0 aliphatic heterocycles. The lowest BCUT2D eigenvalue weighted by molar-refractivity contribution is 0.0883. The van der Waals surface area contributed by atoms with Crippen molar-refractivity contribution in [1.29, 1.82) is 0 Å². The van der Waals surface area contributed by atoms with Gasteiger partial charge >= 0.3 is 0 Å². The summed E-state index contributed by atoms with van der Waals surface area (Å²) in [6.45, 7) is 8.71. The van der Waals surface area contributed by atoms with Gasteiger partial charge < -0.3 is 20.1 Å². The van der Waals surface area contributed by atoms with Crippen LogP contribution in [0.4, 0.5) is 0 Å². The van der Waals surface area contributed by atoms with E-state index in [0.29, 0.717) is 40.7 Å². The molecule has 0 aromatic heterocycles. The maximum Gasteiger partial charge on any atom is 0.253 e. The average molecular weight is 475 g/mol. The highest BCUT2D eigenvalue weighted by Gasteiger charge is 2.21. The van der Waals surface area contributed by atoms with Gasteiger partial charge in [-0.15, -0.1) is 0 Å². The van der Waals surface area contributed by atoms with E-state index in [4.69, 9.17) is 9.47 Å². The van der Waals surface area contributed by atoms with Crippen LogP contribution in [0, 0.1) is 19.8 Å². The molecule has 0 aliphatic carbocycles. The summed E-state index contributed by atoms with van der Waals surface area (Å²) in [4.78, 5) is 26.1. The Morgan fingerprint density at radius 2 is 1.37 bits per heavy atom. The predicted molar refractivity (Wildman–Crippen MR) is 138 cm³/mol. The molecule has 6 heteroatoms. The topological polar surface area (TPSA) is 76.7 Å². The van der Waals surface area contributed by atoms with Crippen LogP contribution in [-0.2, 0) is 0 Å².